The van der Waals surface area contributed by atoms with Crippen molar-refractivity contribution < 1.29 is 27.1 Å². The molecule has 0 radical (unpaired) electrons. The molecule has 0 fully saturated rings. The van der Waals surface area contributed by atoms with Crippen molar-refractivity contribution in [1.82, 2.24) is 15.2 Å². The first kappa shape index (κ1) is 25.4. The second-order valence-electron chi connectivity index (χ2n) is 8.77. The molecule has 1 aliphatic heterocycles. The second kappa shape index (κ2) is 10.9. The zero-order valence-electron chi connectivity index (χ0n) is 19.2. The molecule has 1 atom stereocenters. The van der Waals surface area contributed by atoms with Gasteiger partial charge in [-0.1, -0.05) is 18.2 Å². The number of H-pyrrole nitrogens is 1. The van der Waals surface area contributed by atoms with Crippen LogP contribution in [0.2, 0.25) is 0 Å². The fourth-order valence-corrected chi connectivity index (χ4v) is 4.69. The average molecular weight is 497 g/mol. The van der Waals surface area contributed by atoms with Crippen LogP contribution in [0.5, 0.6) is 0 Å². The van der Waals surface area contributed by atoms with Gasteiger partial charge in [-0.25, -0.2) is 17.6 Å². The van der Waals surface area contributed by atoms with E-state index in [-0.39, 0.29) is 17.8 Å². The van der Waals surface area contributed by atoms with Crippen molar-refractivity contribution >= 4 is 16.6 Å². The predicted molar refractivity (Wildman–Crippen MR) is 126 cm³/mol. The molecule has 0 amide bonds. The maximum absolute atomic E-state index is 15.4. The lowest BCUT2D eigenvalue weighted by Gasteiger charge is -2.38. The first-order chi connectivity index (χ1) is 16.8. The Balaban J connectivity index is 1.66. The highest BCUT2D eigenvalue weighted by atomic mass is 19.3. The van der Waals surface area contributed by atoms with Gasteiger partial charge in [0.2, 0.25) is 0 Å². The molecule has 190 valence electrons. The maximum atomic E-state index is 15.4. The van der Waals surface area contributed by atoms with Gasteiger partial charge in [-0.3, -0.25) is 9.29 Å². The van der Waals surface area contributed by atoms with E-state index < -0.39 is 43.4 Å². The number of anilines is 1. The molecule has 1 aliphatic rings. The van der Waals surface area contributed by atoms with Gasteiger partial charge in [0, 0.05) is 47.5 Å². The van der Waals surface area contributed by atoms with Gasteiger partial charge in [-0.2, -0.15) is 0 Å². The van der Waals surface area contributed by atoms with E-state index in [1.54, 1.807) is 0 Å². The molecule has 0 saturated heterocycles. The zero-order valence-corrected chi connectivity index (χ0v) is 19.2. The van der Waals surface area contributed by atoms with Crippen LogP contribution in [0.25, 0.3) is 10.9 Å². The lowest BCUT2D eigenvalue weighted by atomic mass is 9.91. The number of nitrogens with one attached hydrogen (secondary N) is 3. The van der Waals surface area contributed by atoms with Crippen molar-refractivity contribution in [2.24, 2.45) is 0 Å². The van der Waals surface area contributed by atoms with Crippen LogP contribution in [0.4, 0.5) is 27.6 Å². The van der Waals surface area contributed by atoms with E-state index in [9.17, 15) is 13.2 Å². The Morgan fingerprint density at radius 1 is 1.09 bits per heavy atom. The summed E-state index contributed by atoms with van der Waals surface area (Å²) in [6, 6.07) is 8.59. The standard InChI is InChI=1S/C25H29F5N4O/c26-7-3-8-31-9-10-32-16-12-19(27)22(20(28)13-16)24-23-18(17-4-1-2-5-21(17)33-23)6-11-34(24)14-25(29,30)15-35/h1-2,4-5,12-13,24,31-33,35H,3,6-11,14-15H2. The maximum Gasteiger partial charge on any atom is 0.283 e. The Hall–Kier alpha value is -2.69. The van der Waals surface area contributed by atoms with Crippen LogP contribution in [-0.2, 0) is 6.42 Å². The van der Waals surface area contributed by atoms with Crippen molar-refractivity contribution in [3.63, 3.8) is 0 Å². The Bertz CT molecular complexity index is 1130. The summed E-state index contributed by atoms with van der Waals surface area (Å²) >= 11 is 0. The Kier molecular flexibility index (Phi) is 7.93. The van der Waals surface area contributed by atoms with Crippen molar-refractivity contribution in [3.8, 4) is 0 Å². The number of fused-ring (bicyclic) bond motifs is 3. The number of benzene rings is 2. The Labute approximate surface area is 200 Å². The quantitative estimate of drug-likeness (QED) is 0.235. The smallest absolute Gasteiger partial charge is 0.283 e. The molecular weight excluding hydrogens is 467 g/mol. The number of nitrogens with zero attached hydrogens (tertiary/aromatic N) is 1. The number of aromatic amines is 1. The average Bonchev–Trinajstić information content (AvgIpc) is 3.20. The molecule has 0 aliphatic carbocycles. The molecule has 2 heterocycles. The SMILES string of the molecule is OCC(F)(F)CN1CCc2c([nH]c3ccccc23)C1c1c(F)cc(NCCNCCCF)cc1F. The van der Waals surface area contributed by atoms with Gasteiger partial charge < -0.3 is 20.7 Å². The Morgan fingerprint density at radius 2 is 1.83 bits per heavy atom. The highest BCUT2D eigenvalue weighted by molar-refractivity contribution is 5.85. The van der Waals surface area contributed by atoms with E-state index >= 15 is 8.78 Å². The van der Waals surface area contributed by atoms with Gasteiger partial charge >= 0.3 is 0 Å². The summed E-state index contributed by atoms with van der Waals surface area (Å²) in [5.74, 6) is -5.14. The first-order valence-corrected chi connectivity index (χ1v) is 11.7. The fraction of sp³-hybridized carbons (Fsp3) is 0.440. The topological polar surface area (TPSA) is 63.3 Å². The minimum atomic E-state index is -3.43. The molecule has 4 N–H and O–H groups in total. The predicted octanol–water partition coefficient (Wildman–Crippen LogP) is 4.38. The largest absolute Gasteiger partial charge is 0.390 e. The summed E-state index contributed by atoms with van der Waals surface area (Å²) < 4.78 is 71.3. The molecule has 1 unspecified atom stereocenters. The molecule has 5 nitrogen and oxygen atoms in total. The molecule has 1 aromatic heterocycles. The van der Waals surface area contributed by atoms with Crippen molar-refractivity contribution in [3.05, 3.63) is 64.9 Å². The molecule has 4 rings (SSSR count). The van der Waals surface area contributed by atoms with Crippen LogP contribution < -0.4 is 10.6 Å². The van der Waals surface area contributed by atoms with Crippen LogP contribution in [0, 0.1) is 11.6 Å². The summed E-state index contributed by atoms with van der Waals surface area (Å²) in [6.45, 7) is -1.11. The molecule has 35 heavy (non-hydrogen) atoms. The first-order valence-electron chi connectivity index (χ1n) is 11.7. The lowest BCUT2D eigenvalue weighted by molar-refractivity contribution is -0.0791. The lowest BCUT2D eigenvalue weighted by Crippen LogP contribution is -2.45. The van der Waals surface area contributed by atoms with E-state index in [4.69, 9.17) is 5.11 Å². The minimum absolute atomic E-state index is 0.151. The third-order valence-electron chi connectivity index (χ3n) is 6.27. The number of hydrogen-bond acceptors (Lipinski definition) is 4. The Morgan fingerprint density at radius 3 is 2.54 bits per heavy atom. The zero-order chi connectivity index (χ0) is 25.0. The van der Waals surface area contributed by atoms with Crippen LogP contribution >= 0.6 is 0 Å². The van der Waals surface area contributed by atoms with Crippen LogP contribution in [0.15, 0.2) is 36.4 Å². The number of hydrogen-bond donors (Lipinski definition) is 4. The number of aromatic nitrogens is 1. The van der Waals surface area contributed by atoms with Gasteiger partial charge in [0.05, 0.1) is 19.3 Å². The summed E-state index contributed by atoms with van der Waals surface area (Å²) in [5, 5.41) is 15.9. The normalized spacial score (nSPS) is 16.6. The molecule has 0 bridgehead atoms. The number of rotatable bonds is 11. The number of halogens is 5. The van der Waals surface area contributed by atoms with E-state index in [1.165, 1.54) is 4.90 Å². The van der Waals surface area contributed by atoms with Gasteiger partial charge in [0.1, 0.15) is 18.2 Å². The fourth-order valence-electron chi connectivity index (χ4n) is 4.69. The van der Waals surface area contributed by atoms with Gasteiger partial charge in [-0.15, -0.1) is 0 Å². The van der Waals surface area contributed by atoms with Crippen LogP contribution in [0.3, 0.4) is 0 Å². The van der Waals surface area contributed by atoms with Crippen LogP contribution in [-0.4, -0.2) is 66.9 Å². The third-order valence-corrected chi connectivity index (χ3v) is 6.27. The van der Waals surface area contributed by atoms with Crippen molar-refractivity contribution in [2.75, 3.05) is 51.3 Å². The second-order valence-corrected chi connectivity index (χ2v) is 8.77. The summed E-state index contributed by atoms with van der Waals surface area (Å²) in [6.07, 6.45) is 0.816. The number of para-hydroxylation sites is 1. The molecule has 0 saturated carbocycles. The molecular formula is C25H29F5N4O. The highest BCUT2D eigenvalue weighted by Crippen LogP contribution is 2.41. The monoisotopic (exact) mass is 496 g/mol. The van der Waals surface area contributed by atoms with E-state index in [0.717, 1.165) is 28.6 Å². The number of aliphatic hydroxyl groups is 1. The van der Waals surface area contributed by atoms with Crippen molar-refractivity contribution in [1.29, 1.82) is 0 Å². The molecule has 0 spiro atoms. The van der Waals surface area contributed by atoms with E-state index in [0.29, 0.717) is 38.2 Å². The summed E-state index contributed by atoms with van der Waals surface area (Å²) in [4.78, 5) is 4.51. The van der Waals surface area contributed by atoms with Gasteiger partial charge in [0.25, 0.3) is 5.92 Å². The highest BCUT2D eigenvalue weighted by Gasteiger charge is 2.40. The van der Waals surface area contributed by atoms with Gasteiger partial charge in [-0.05, 0) is 43.1 Å². The number of aliphatic hydroxyl groups excluding tert-OH is 1. The van der Waals surface area contributed by atoms with E-state index in [1.807, 2.05) is 24.3 Å². The molecule has 10 heteroatoms. The third kappa shape index (κ3) is 5.60. The molecule has 2 aromatic carbocycles. The van der Waals surface area contributed by atoms with Crippen molar-refractivity contribution in [2.45, 2.75) is 24.8 Å². The summed E-state index contributed by atoms with van der Waals surface area (Å²) in [7, 11) is 0. The summed E-state index contributed by atoms with van der Waals surface area (Å²) in [5.41, 5.74) is 1.97. The van der Waals surface area contributed by atoms with Gasteiger partial charge in [0.15, 0.2) is 0 Å². The molecule has 3 aromatic rings. The van der Waals surface area contributed by atoms with Crippen LogP contribution in [0.1, 0.15) is 29.3 Å². The van der Waals surface area contributed by atoms with E-state index in [2.05, 4.69) is 15.6 Å². The minimum Gasteiger partial charge on any atom is -0.390 e. The number of alkyl halides is 3.